The SMILES string of the molecule is Nc1ccc(Cl)c(F)c1-c1ccc(C(CC2CC2)n2cc(-c3ccnn3C(F)F)cn2)nc1. The van der Waals surface area contributed by atoms with Gasteiger partial charge in [0.2, 0.25) is 0 Å². The quantitative estimate of drug-likeness (QED) is 0.336. The number of aromatic nitrogens is 5. The third kappa shape index (κ3) is 4.20. The number of anilines is 1. The predicted octanol–water partition coefficient (Wildman–Crippen LogP) is 5.97. The fourth-order valence-corrected chi connectivity index (χ4v) is 4.14. The molecule has 3 heterocycles. The normalized spacial score (nSPS) is 14.7. The maximum Gasteiger partial charge on any atom is 0.333 e. The molecule has 2 N–H and O–H groups in total. The van der Waals surface area contributed by atoms with E-state index in [9.17, 15) is 13.2 Å². The second-order valence-corrected chi connectivity index (χ2v) is 8.55. The highest BCUT2D eigenvalue weighted by Crippen LogP contribution is 2.40. The van der Waals surface area contributed by atoms with Gasteiger partial charge in [0.05, 0.1) is 28.6 Å². The van der Waals surface area contributed by atoms with Crippen molar-refractivity contribution in [3.8, 4) is 22.4 Å². The van der Waals surface area contributed by atoms with Crippen LogP contribution in [0.1, 0.15) is 37.5 Å². The average molecular weight is 473 g/mol. The Balaban J connectivity index is 1.48. The van der Waals surface area contributed by atoms with Crippen LogP contribution in [0.4, 0.5) is 18.9 Å². The largest absolute Gasteiger partial charge is 0.398 e. The van der Waals surface area contributed by atoms with Crippen LogP contribution in [-0.4, -0.2) is 24.5 Å². The Morgan fingerprint density at radius 3 is 2.58 bits per heavy atom. The van der Waals surface area contributed by atoms with Crippen LogP contribution in [0.15, 0.2) is 55.1 Å². The summed E-state index contributed by atoms with van der Waals surface area (Å²) in [5, 5.41) is 8.12. The van der Waals surface area contributed by atoms with Crippen LogP contribution >= 0.6 is 11.6 Å². The first kappa shape index (κ1) is 21.5. The number of halogens is 4. The van der Waals surface area contributed by atoms with Crippen molar-refractivity contribution in [2.75, 3.05) is 5.73 Å². The average Bonchev–Trinajstić information content (AvgIpc) is 3.27. The van der Waals surface area contributed by atoms with Crippen LogP contribution in [0.2, 0.25) is 5.02 Å². The van der Waals surface area contributed by atoms with Gasteiger partial charge in [-0.1, -0.05) is 30.5 Å². The molecule has 0 bridgehead atoms. The molecule has 6 nitrogen and oxygen atoms in total. The molecule has 1 aromatic carbocycles. The minimum atomic E-state index is -2.74. The number of nitrogens with two attached hydrogens (primary N) is 1. The Bertz CT molecular complexity index is 1280. The molecular weight excluding hydrogens is 453 g/mol. The van der Waals surface area contributed by atoms with E-state index < -0.39 is 12.4 Å². The van der Waals surface area contributed by atoms with Gasteiger partial charge >= 0.3 is 6.55 Å². The minimum absolute atomic E-state index is 0.0120. The standard InChI is InChI=1S/C23H20ClF3N6/c24-16-4-5-17(28)21(22(16)25)14-3-6-18(29-10-14)20(9-13-1-2-13)32-12-15(11-31-32)19-7-8-30-33(19)23(26)27/h3-8,10-13,20,23H,1-2,9,28H2. The summed E-state index contributed by atoms with van der Waals surface area (Å²) in [5.74, 6) is -0.0372. The van der Waals surface area contributed by atoms with Crippen molar-refractivity contribution in [1.29, 1.82) is 0 Å². The molecule has 0 amide bonds. The Hall–Kier alpha value is -3.33. The summed E-state index contributed by atoms with van der Waals surface area (Å²) < 4.78 is 43.4. The van der Waals surface area contributed by atoms with Crippen molar-refractivity contribution >= 4 is 17.3 Å². The van der Waals surface area contributed by atoms with E-state index in [1.54, 1.807) is 35.4 Å². The monoisotopic (exact) mass is 472 g/mol. The molecule has 1 aliphatic carbocycles. The number of nitrogens with zero attached hydrogens (tertiary/aromatic N) is 5. The molecule has 1 atom stereocenters. The van der Waals surface area contributed by atoms with E-state index in [1.807, 2.05) is 6.07 Å². The Labute approximate surface area is 192 Å². The van der Waals surface area contributed by atoms with Crippen molar-refractivity contribution in [2.24, 2.45) is 5.92 Å². The lowest BCUT2D eigenvalue weighted by molar-refractivity contribution is 0.0585. The highest BCUT2D eigenvalue weighted by Gasteiger charge is 2.29. The van der Waals surface area contributed by atoms with Gasteiger partial charge in [0.1, 0.15) is 0 Å². The van der Waals surface area contributed by atoms with Gasteiger partial charge < -0.3 is 5.73 Å². The van der Waals surface area contributed by atoms with E-state index >= 15 is 0 Å². The summed E-state index contributed by atoms with van der Waals surface area (Å²) in [6.45, 7) is -2.74. The fourth-order valence-electron chi connectivity index (χ4n) is 3.98. The molecule has 33 heavy (non-hydrogen) atoms. The van der Waals surface area contributed by atoms with E-state index in [0.717, 1.165) is 25.0 Å². The van der Waals surface area contributed by atoms with Crippen LogP contribution in [0, 0.1) is 11.7 Å². The summed E-state index contributed by atoms with van der Waals surface area (Å²) in [7, 11) is 0. The van der Waals surface area contributed by atoms with Crippen molar-refractivity contribution in [2.45, 2.75) is 31.9 Å². The van der Waals surface area contributed by atoms with Gasteiger partial charge in [0.15, 0.2) is 5.82 Å². The molecule has 0 aliphatic heterocycles. The maximum absolute atomic E-state index is 14.6. The minimum Gasteiger partial charge on any atom is -0.398 e. The smallest absolute Gasteiger partial charge is 0.333 e. The molecule has 5 rings (SSSR count). The van der Waals surface area contributed by atoms with E-state index in [-0.39, 0.29) is 28.0 Å². The molecule has 0 radical (unpaired) electrons. The first-order valence-electron chi connectivity index (χ1n) is 10.5. The lowest BCUT2D eigenvalue weighted by Crippen LogP contribution is -2.13. The number of alkyl halides is 2. The predicted molar refractivity (Wildman–Crippen MR) is 119 cm³/mol. The van der Waals surface area contributed by atoms with E-state index in [4.69, 9.17) is 17.3 Å². The fraction of sp³-hybridized carbons (Fsp3) is 0.261. The van der Waals surface area contributed by atoms with Crippen LogP contribution in [0.25, 0.3) is 22.4 Å². The van der Waals surface area contributed by atoms with Crippen molar-refractivity contribution in [3.63, 3.8) is 0 Å². The zero-order chi connectivity index (χ0) is 23.1. The summed E-state index contributed by atoms with van der Waals surface area (Å²) in [5.41, 5.74) is 8.53. The zero-order valence-electron chi connectivity index (χ0n) is 17.4. The Kier molecular flexibility index (Phi) is 5.57. The molecule has 1 aliphatic rings. The molecule has 10 heteroatoms. The second kappa shape index (κ2) is 8.55. The molecule has 0 spiro atoms. The summed E-state index contributed by atoms with van der Waals surface area (Å²) >= 11 is 5.92. The molecule has 1 unspecified atom stereocenters. The van der Waals surface area contributed by atoms with Crippen molar-refractivity contribution in [1.82, 2.24) is 24.5 Å². The Morgan fingerprint density at radius 2 is 1.88 bits per heavy atom. The number of rotatable bonds is 7. The molecular formula is C23H20ClF3N6. The van der Waals surface area contributed by atoms with Gasteiger partial charge in [0.25, 0.3) is 0 Å². The van der Waals surface area contributed by atoms with E-state index in [1.165, 1.54) is 18.3 Å². The molecule has 4 aromatic rings. The van der Waals surface area contributed by atoms with Crippen LogP contribution in [-0.2, 0) is 0 Å². The van der Waals surface area contributed by atoms with Crippen LogP contribution < -0.4 is 5.73 Å². The van der Waals surface area contributed by atoms with Crippen LogP contribution in [0.3, 0.4) is 0 Å². The number of hydrogen-bond donors (Lipinski definition) is 1. The first-order valence-corrected chi connectivity index (χ1v) is 10.9. The number of benzene rings is 1. The highest BCUT2D eigenvalue weighted by atomic mass is 35.5. The van der Waals surface area contributed by atoms with Gasteiger partial charge in [-0.15, -0.1) is 0 Å². The van der Waals surface area contributed by atoms with Gasteiger partial charge in [-0.3, -0.25) is 9.67 Å². The first-order chi connectivity index (χ1) is 15.9. The third-order valence-electron chi connectivity index (χ3n) is 5.87. The van der Waals surface area contributed by atoms with Gasteiger partial charge in [-0.2, -0.15) is 19.0 Å². The molecule has 0 saturated heterocycles. The van der Waals surface area contributed by atoms with Gasteiger partial charge in [-0.25, -0.2) is 9.07 Å². The van der Waals surface area contributed by atoms with Gasteiger partial charge in [0, 0.05) is 41.0 Å². The summed E-state index contributed by atoms with van der Waals surface area (Å²) in [6.07, 6.45) is 9.25. The number of nitrogen functional groups attached to an aromatic ring is 1. The number of hydrogen-bond acceptors (Lipinski definition) is 4. The number of pyridine rings is 1. The van der Waals surface area contributed by atoms with E-state index in [2.05, 4.69) is 15.2 Å². The Morgan fingerprint density at radius 1 is 1.06 bits per heavy atom. The molecule has 170 valence electrons. The maximum atomic E-state index is 14.6. The van der Waals surface area contributed by atoms with Crippen LogP contribution in [0.5, 0.6) is 0 Å². The lowest BCUT2D eigenvalue weighted by Gasteiger charge is -2.18. The van der Waals surface area contributed by atoms with Crippen molar-refractivity contribution in [3.05, 3.63) is 71.7 Å². The second-order valence-electron chi connectivity index (χ2n) is 8.14. The molecule has 3 aromatic heterocycles. The lowest BCUT2D eigenvalue weighted by atomic mass is 10.0. The van der Waals surface area contributed by atoms with Crippen molar-refractivity contribution < 1.29 is 13.2 Å². The highest BCUT2D eigenvalue weighted by molar-refractivity contribution is 6.31. The zero-order valence-corrected chi connectivity index (χ0v) is 18.1. The topological polar surface area (TPSA) is 74.6 Å². The van der Waals surface area contributed by atoms with Gasteiger partial charge in [-0.05, 0) is 36.6 Å². The van der Waals surface area contributed by atoms with E-state index in [0.29, 0.717) is 21.7 Å². The molecule has 1 fully saturated rings. The summed E-state index contributed by atoms with van der Waals surface area (Å²) in [6, 6.07) is 7.87. The molecule has 1 saturated carbocycles. The third-order valence-corrected chi connectivity index (χ3v) is 6.16. The summed E-state index contributed by atoms with van der Waals surface area (Å²) in [4.78, 5) is 4.58.